The highest BCUT2D eigenvalue weighted by atomic mass is 35.5. The van der Waals surface area contributed by atoms with E-state index < -0.39 is 0 Å². The van der Waals surface area contributed by atoms with Crippen molar-refractivity contribution in [2.75, 3.05) is 7.05 Å². The van der Waals surface area contributed by atoms with Crippen LogP contribution in [0.3, 0.4) is 0 Å². The zero-order valence-corrected chi connectivity index (χ0v) is 11.5. The van der Waals surface area contributed by atoms with Crippen LogP contribution >= 0.6 is 23.4 Å². The second-order valence-corrected chi connectivity index (χ2v) is 5.33. The summed E-state index contributed by atoms with van der Waals surface area (Å²) in [7, 11) is 1.88. The quantitative estimate of drug-likeness (QED) is 0.894. The Morgan fingerprint density at radius 1 is 1.17 bits per heavy atom. The summed E-state index contributed by atoms with van der Waals surface area (Å²) in [6.07, 6.45) is 0. The lowest BCUT2D eigenvalue weighted by Crippen LogP contribution is -2.06. The summed E-state index contributed by atoms with van der Waals surface area (Å²) < 4.78 is 12.8. The average molecular weight is 282 g/mol. The van der Waals surface area contributed by atoms with Crippen LogP contribution in [-0.4, -0.2) is 7.05 Å². The standard InChI is InChI=1S/C14H13ClFNS/c1-17-9-12-13(15)3-2-4-14(12)18-11-7-5-10(16)6-8-11/h2-8,17H,9H2,1H3. The fourth-order valence-corrected chi connectivity index (χ4v) is 2.89. The predicted octanol–water partition coefficient (Wildman–Crippen LogP) is 4.35. The lowest BCUT2D eigenvalue weighted by molar-refractivity contribution is 0.626. The van der Waals surface area contributed by atoms with Crippen molar-refractivity contribution in [1.82, 2.24) is 5.32 Å². The van der Waals surface area contributed by atoms with Gasteiger partial charge in [-0.05, 0) is 49.0 Å². The first-order chi connectivity index (χ1) is 8.70. The van der Waals surface area contributed by atoms with Gasteiger partial charge in [0.2, 0.25) is 0 Å². The highest BCUT2D eigenvalue weighted by molar-refractivity contribution is 7.99. The van der Waals surface area contributed by atoms with Crippen LogP contribution in [0.15, 0.2) is 52.3 Å². The molecule has 18 heavy (non-hydrogen) atoms. The highest BCUT2D eigenvalue weighted by Gasteiger charge is 2.07. The van der Waals surface area contributed by atoms with Crippen molar-refractivity contribution < 1.29 is 4.39 Å². The zero-order chi connectivity index (χ0) is 13.0. The largest absolute Gasteiger partial charge is 0.316 e. The first-order valence-electron chi connectivity index (χ1n) is 5.56. The molecule has 0 radical (unpaired) electrons. The molecule has 0 saturated heterocycles. The Morgan fingerprint density at radius 3 is 2.56 bits per heavy atom. The molecule has 0 aliphatic rings. The molecule has 0 atom stereocenters. The summed E-state index contributed by atoms with van der Waals surface area (Å²) in [6, 6.07) is 12.3. The molecule has 0 unspecified atom stereocenters. The molecule has 0 bridgehead atoms. The van der Waals surface area contributed by atoms with Crippen LogP contribution in [0.25, 0.3) is 0 Å². The summed E-state index contributed by atoms with van der Waals surface area (Å²) in [6.45, 7) is 0.712. The second kappa shape index (κ2) is 6.23. The first kappa shape index (κ1) is 13.4. The summed E-state index contributed by atoms with van der Waals surface area (Å²) in [5.74, 6) is -0.221. The summed E-state index contributed by atoms with van der Waals surface area (Å²) in [5, 5.41) is 3.85. The molecule has 0 aromatic heterocycles. The Bertz CT molecular complexity index is 528. The Hall–Kier alpha value is -1.03. The monoisotopic (exact) mass is 281 g/mol. The van der Waals surface area contributed by atoms with Crippen molar-refractivity contribution in [3.05, 3.63) is 58.9 Å². The Balaban J connectivity index is 2.28. The normalized spacial score (nSPS) is 10.6. The number of hydrogen-bond donors (Lipinski definition) is 1. The zero-order valence-electron chi connectivity index (χ0n) is 9.91. The van der Waals surface area contributed by atoms with Gasteiger partial charge in [0, 0.05) is 21.4 Å². The van der Waals surface area contributed by atoms with E-state index in [9.17, 15) is 4.39 Å². The maximum absolute atomic E-state index is 12.8. The lowest BCUT2D eigenvalue weighted by Gasteiger charge is -2.10. The van der Waals surface area contributed by atoms with E-state index in [1.807, 2.05) is 25.2 Å². The molecular formula is C14H13ClFNS. The molecule has 0 spiro atoms. The number of rotatable bonds is 4. The third-order valence-corrected chi connectivity index (χ3v) is 3.94. The van der Waals surface area contributed by atoms with Crippen molar-refractivity contribution in [3.8, 4) is 0 Å². The van der Waals surface area contributed by atoms with Gasteiger partial charge in [-0.1, -0.05) is 29.4 Å². The van der Waals surface area contributed by atoms with Gasteiger partial charge in [0.15, 0.2) is 0 Å². The minimum atomic E-state index is -0.221. The Kier molecular flexibility index (Phi) is 4.64. The number of nitrogens with one attached hydrogen (secondary N) is 1. The Labute approximate surface area is 115 Å². The predicted molar refractivity (Wildman–Crippen MR) is 74.7 cm³/mol. The van der Waals surface area contributed by atoms with Crippen molar-refractivity contribution in [2.24, 2.45) is 0 Å². The number of benzene rings is 2. The van der Waals surface area contributed by atoms with Gasteiger partial charge >= 0.3 is 0 Å². The van der Waals surface area contributed by atoms with E-state index in [2.05, 4.69) is 5.32 Å². The second-order valence-electron chi connectivity index (χ2n) is 3.80. The van der Waals surface area contributed by atoms with Gasteiger partial charge < -0.3 is 5.32 Å². The first-order valence-corrected chi connectivity index (χ1v) is 6.75. The third kappa shape index (κ3) is 3.25. The van der Waals surface area contributed by atoms with Crippen LogP contribution in [-0.2, 0) is 6.54 Å². The Morgan fingerprint density at radius 2 is 1.89 bits per heavy atom. The van der Waals surface area contributed by atoms with Crippen LogP contribution in [0.1, 0.15) is 5.56 Å². The van der Waals surface area contributed by atoms with Gasteiger partial charge in [-0.25, -0.2) is 4.39 Å². The minimum Gasteiger partial charge on any atom is -0.316 e. The van der Waals surface area contributed by atoms with Crippen molar-refractivity contribution in [2.45, 2.75) is 16.3 Å². The molecule has 0 heterocycles. The number of hydrogen-bond acceptors (Lipinski definition) is 2. The van der Waals surface area contributed by atoms with E-state index in [0.29, 0.717) is 6.54 Å². The number of halogens is 2. The summed E-state index contributed by atoms with van der Waals surface area (Å²) >= 11 is 7.77. The molecular weight excluding hydrogens is 269 g/mol. The SMILES string of the molecule is CNCc1c(Cl)cccc1Sc1ccc(F)cc1. The smallest absolute Gasteiger partial charge is 0.123 e. The maximum Gasteiger partial charge on any atom is 0.123 e. The van der Waals surface area contributed by atoms with Gasteiger partial charge in [-0.2, -0.15) is 0 Å². The fraction of sp³-hybridized carbons (Fsp3) is 0.143. The van der Waals surface area contributed by atoms with Crippen LogP contribution in [0, 0.1) is 5.82 Å². The van der Waals surface area contributed by atoms with Crippen molar-refractivity contribution >= 4 is 23.4 Å². The van der Waals surface area contributed by atoms with Gasteiger partial charge in [0.1, 0.15) is 5.82 Å². The summed E-state index contributed by atoms with van der Waals surface area (Å²) in [5.41, 5.74) is 1.07. The van der Waals surface area contributed by atoms with Gasteiger partial charge in [-0.15, -0.1) is 0 Å². The molecule has 0 saturated carbocycles. The molecule has 0 fully saturated rings. The fourth-order valence-electron chi connectivity index (χ4n) is 1.61. The molecule has 1 N–H and O–H groups in total. The molecule has 0 aliphatic heterocycles. The molecule has 0 aliphatic carbocycles. The third-order valence-electron chi connectivity index (χ3n) is 2.47. The van der Waals surface area contributed by atoms with Crippen molar-refractivity contribution in [1.29, 1.82) is 0 Å². The van der Waals surface area contributed by atoms with Crippen LogP contribution in [0.2, 0.25) is 5.02 Å². The highest BCUT2D eigenvalue weighted by Crippen LogP contribution is 2.33. The van der Waals surface area contributed by atoms with Crippen molar-refractivity contribution in [3.63, 3.8) is 0 Å². The molecule has 2 rings (SSSR count). The average Bonchev–Trinajstić information content (AvgIpc) is 2.36. The van der Waals surface area contributed by atoms with Crippen LogP contribution in [0.5, 0.6) is 0 Å². The van der Waals surface area contributed by atoms with E-state index in [1.165, 1.54) is 12.1 Å². The maximum atomic E-state index is 12.8. The summed E-state index contributed by atoms with van der Waals surface area (Å²) in [4.78, 5) is 2.08. The van der Waals surface area contributed by atoms with Gasteiger partial charge in [0.05, 0.1) is 0 Å². The van der Waals surface area contributed by atoms with E-state index in [0.717, 1.165) is 20.4 Å². The van der Waals surface area contributed by atoms with E-state index in [4.69, 9.17) is 11.6 Å². The van der Waals surface area contributed by atoms with Gasteiger partial charge in [-0.3, -0.25) is 0 Å². The molecule has 1 nitrogen and oxygen atoms in total. The van der Waals surface area contributed by atoms with E-state index in [1.54, 1.807) is 23.9 Å². The van der Waals surface area contributed by atoms with E-state index >= 15 is 0 Å². The minimum absolute atomic E-state index is 0.221. The molecule has 2 aromatic rings. The molecule has 0 amide bonds. The van der Waals surface area contributed by atoms with Crippen LogP contribution in [0.4, 0.5) is 4.39 Å². The molecule has 94 valence electrons. The lowest BCUT2D eigenvalue weighted by atomic mass is 10.2. The molecule has 2 aromatic carbocycles. The van der Waals surface area contributed by atoms with Gasteiger partial charge in [0.25, 0.3) is 0 Å². The molecule has 4 heteroatoms. The topological polar surface area (TPSA) is 12.0 Å². The van der Waals surface area contributed by atoms with E-state index in [-0.39, 0.29) is 5.82 Å². The van der Waals surface area contributed by atoms with Crippen LogP contribution < -0.4 is 5.32 Å².